The van der Waals surface area contributed by atoms with Crippen molar-refractivity contribution in [1.82, 2.24) is 0 Å². The van der Waals surface area contributed by atoms with E-state index >= 15 is 0 Å². The van der Waals surface area contributed by atoms with Crippen molar-refractivity contribution in [1.29, 1.82) is 0 Å². The maximum atomic E-state index is 4.98. The fraction of sp³-hybridized carbons (Fsp3) is 0.800. The Morgan fingerprint density at radius 1 is 0.765 bits per heavy atom. The molecule has 0 heterocycles. The van der Waals surface area contributed by atoms with Gasteiger partial charge in [0.2, 0.25) is 0 Å². The summed E-state index contributed by atoms with van der Waals surface area (Å²) in [7, 11) is 0. The molecule has 0 atom stereocenters. The summed E-state index contributed by atoms with van der Waals surface area (Å²) in [6.45, 7) is 11.5. The number of hydrogen-bond acceptors (Lipinski definition) is 6. The molecule has 0 fully saturated rings. The predicted octanol–water partition coefficient (Wildman–Crippen LogP) is 3.26. The van der Waals surface area contributed by atoms with E-state index in [0.717, 1.165) is 0 Å². The molecule has 0 aromatic carbocycles. The van der Waals surface area contributed by atoms with Gasteiger partial charge in [0.05, 0.1) is 11.2 Å². The quantitative estimate of drug-likeness (QED) is 0.371. The summed E-state index contributed by atoms with van der Waals surface area (Å²) in [6, 6.07) is 0. The van der Waals surface area contributed by atoms with Crippen molar-refractivity contribution in [2.24, 2.45) is 0 Å². The van der Waals surface area contributed by atoms with Gasteiger partial charge in [-0.3, -0.25) is 0 Å². The summed E-state index contributed by atoms with van der Waals surface area (Å²) < 4.78 is 10.4. The molecule has 0 rings (SSSR count). The van der Waals surface area contributed by atoms with E-state index in [1.54, 1.807) is 0 Å². The summed E-state index contributed by atoms with van der Waals surface area (Å²) >= 11 is 18.1. The molecule has 0 saturated carbocycles. The van der Waals surface area contributed by atoms with Crippen LogP contribution >= 0.6 is 24.4 Å². The van der Waals surface area contributed by atoms with E-state index in [4.69, 9.17) is 9.47 Å². The van der Waals surface area contributed by atoms with Crippen molar-refractivity contribution < 1.29 is 29.0 Å². The van der Waals surface area contributed by atoms with Crippen LogP contribution in [0, 0.1) is 0 Å². The van der Waals surface area contributed by atoms with Crippen molar-refractivity contribution in [2.45, 2.75) is 52.7 Å². The normalized spacial score (nSPS) is 10.2. The zero-order valence-corrected chi connectivity index (χ0v) is 17.4. The van der Waals surface area contributed by atoms with E-state index in [1.807, 2.05) is 41.5 Å². The molecule has 96 valence electrons. The molecule has 0 aromatic rings. The van der Waals surface area contributed by atoms with Crippen LogP contribution in [-0.4, -0.2) is 20.0 Å². The van der Waals surface area contributed by atoms with Crippen LogP contribution in [0.5, 0.6) is 0 Å². The third-order valence-electron chi connectivity index (χ3n) is 0.779. The molecule has 0 N–H and O–H groups in total. The molecular formula is C10H18O2S4Zn. The molecule has 7 heteroatoms. The molecule has 0 unspecified atom stereocenters. The van der Waals surface area contributed by atoms with Crippen LogP contribution < -0.4 is 0 Å². The summed E-state index contributed by atoms with van der Waals surface area (Å²) in [5.74, 6) is 0. The molecule has 0 saturated heterocycles. The molecule has 0 aromatic heterocycles. The Kier molecular flexibility index (Phi) is 13.2. The monoisotopic (exact) mass is 362 g/mol. The average Bonchev–Trinajstić information content (AvgIpc) is 1.72. The largest absolute Gasteiger partial charge is 2.00 e. The molecule has 0 aliphatic heterocycles. The molecule has 0 aliphatic rings. The van der Waals surface area contributed by atoms with Crippen molar-refractivity contribution >= 4 is 58.5 Å². The summed E-state index contributed by atoms with van der Waals surface area (Å²) in [5, 5.41) is 0. The molecule has 0 bridgehead atoms. The average molecular weight is 364 g/mol. The molecular weight excluding hydrogens is 346 g/mol. The molecule has 17 heavy (non-hydrogen) atoms. The van der Waals surface area contributed by atoms with Gasteiger partial charge in [-0.05, 0) is 41.5 Å². The van der Waals surface area contributed by atoms with Gasteiger partial charge in [-0.15, -0.1) is 0 Å². The van der Waals surface area contributed by atoms with Gasteiger partial charge >= 0.3 is 19.5 Å². The SMILES string of the molecule is CC(C)(C)OC(=S)[S-].CC(C)(C)OC(=S)[S-].[Zn+2]. The van der Waals surface area contributed by atoms with Gasteiger partial charge in [0.15, 0.2) is 0 Å². The first-order valence-electron chi connectivity index (χ1n) is 4.63. The number of rotatable bonds is 0. The van der Waals surface area contributed by atoms with Gasteiger partial charge in [-0.2, -0.15) is 0 Å². The maximum absolute atomic E-state index is 4.98. The van der Waals surface area contributed by atoms with E-state index in [9.17, 15) is 0 Å². The fourth-order valence-corrected chi connectivity index (χ4v) is 1.50. The topological polar surface area (TPSA) is 18.5 Å². The van der Waals surface area contributed by atoms with Crippen LogP contribution in [0.25, 0.3) is 0 Å². The van der Waals surface area contributed by atoms with Gasteiger partial charge in [-0.1, -0.05) is 0 Å². The molecule has 0 amide bonds. The molecule has 0 aliphatic carbocycles. The Morgan fingerprint density at radius 2 is 0.941 bits per heavy atom. The fourth-order valence-electron chi connectivity index (χ4n) is 0.500. The van der Waals surface area contributed by atoms with E-state index in [2.05, 4.69) is 49.7 Å². The van der Waals surface area contributed by atoms with Crippen LogP contribution in [0.2, 0.25) is 0 Å². The third kappa shape index (κ3) is 31.6. The Hall–Kier alpha value is 0.843. The first-order chi connectivity index (χ1) is 6.83. The minimum atomic E-state index is -0.223. The van der Waals surface area contributed by atoms with Crippen LogP contribution in [0.3, 0.4) is 0 Å². The second-order valence-corrected chi connectivity index (χ2v) is 6.93. The minimum absolute atomic E-state index is 0. The zero-order chi connectivity index (χ0) is 13.6. The molecule has 0 spiro atoms. The Morgan fingerprint density at radius 3 is 0.941 bits per heavy atom. The second kappa shape index (κ2) is 9.73. The molecule has 2 nitrogen and oxygen atoms in total. The van der Waals surface area contributed by atoms with Crippen molar-refractivity contribution in [3.05, 3.63) is 0 Å². The minimum Gasteiger partial charge on any atom is -0.508 e. The van der Waals surface area contributed by atoms with Crippen LogP contribution in [-0.2, 0) is 54.2 Å². The zero-order valence-electron chi connectivity index (χ0n) is 11.2. The summed E-state index contributed by atoms with van der Waals surface area (Å²) in [4.78, 5) is 0. The second-order valence-electron chi connectivity index (χ2n) is 4.93. The van der Waals surface area contributed by atoms with Crippen molar-refractivity contribution in [3.63, 3.8) is 0 Å². The number of thiocarbonyl (C=S) groups is 2. The Balaban J connectivity index is -0.000000218. The third-order valence-corrected chi connectivity index (χ3v) is 1.11. The Labute approximate surface area is 139 Å². The number of hydrogen-bond donors (Lipinski definition) is 0. The number of ether oxygens (including phenoxy) is 2. The first-order valence-corrected chi connectivity index (χ1v) is 6.27. The summed E-state index contributed by atoms with van der Waals surface area (Å²) in [6.07, 6.45) is 0. The van der Waals surface area contributed by atoms with E-state index < -0.39 is 0 Å². The standard InChI is InChI=1S/2C5H10OS2.Zn/c2*1-5(2,3)6-4(7)8;/h2*1-3H3,(H,7,8);/q;;+2/p-2. The Bertz CT molecular complexity index is 218. The van der Waals surface area contributed by atoms with Crippen molar-refractivity contribution in [3.8, 4) is 0 Å². The molecule has 0 radical (unpaired) electrons. The van der Waals surface area contributed by atoms with Crippen LogP contribution in [0.1, 0.15) is 41.5 Å². The smallest absolute Gasteiger partial charge is 0.508 e. The van der Waals surface area contributed by atoms with Crippen LogP contribution in [0.15, 0.2) is 0 Å². The van der Waals surface area contributed by atoms with Gasteiger partial charge in [0, 0.05) is 8.77 Å². The van der Waals surface area contributed by atoms with E-state index in [-0.39, 0.29) is 39.4 Å². The first kappa shape index (κ1) is 23.0. The summed E-state index contributed by atoms with van der Waals surface area (Å²) in [5.41, 5.74) is -0.447. The van der Waals surface area contributed by atoms with E-state index in [1.165, 1.54) is 0 Å². The van der Waals surface area contributed by atoms with Gasteiger partial charge in [0.1, 0.15) is 0 Å². The van der Waals surface area contributed by atoms with Gasteiger partial charge in [-0.25, -0.2) is 0 Å². The van der Waals surface area contributed by atoms with Crippen molar-refractivity contribution in [2.75, 3.05) is 0 Å². The van der Waals surface area contributed by atoms with Gasteiger partial charge in [0.25, 0.3) is 0 Å². The van der Waals surface area contributed by atoms with Gasteiger partial charge < -0.3 is 59.2 Å². The maximum Gasteiger partial charge on any atom is 2.00 e. The predicted molar refractivity (Wildman–Crippen MR) is 81.6 cm³/mol. The van der Waals surface area contributed by atoms with E-state index in [0.29, 0.717) is 0 Å². The van der Waals surface area contributed by atoms with Crippen LogP contribution in [0.4, 0.5) is 0 Å².